The number of thioether (sulfide) groups is 1. The van der Waals surface area contributed by atoms with Crippen molar-refractivity contribution in [2.45, 2.75) is 5.16 Å². The molecule has 0 bridgehead atoms. The Bertz CT molecular complexity index is 247. The quantitative estimate of drug-likeness (QED) is 0.680. The van der Waals surface area contributed by atoms with Crippen molar-refractivity contribution in [1.82, 2.24) is 9.36 Å². The smallest absolute Gasteiger partial charge is 0.366 e. The van der Waals surface area contributed by atoms with E-state index in [-0.39, 0.29) is 5.01 Å². The van der Waals surface area contributed by atoms with Gasteiger partial charge >= 0.3 is 5.97 Å². The highest BCUT2D eigenvalue weighted by atomic mass is 32.2. The molecule has 0 radical (unpaired) electrons. The molecule has 54 valence electrons. The Morgan fingerprint density at radius 3 is 2.80 bits per heavy atom. The van der Waals surface area contributed by atoms with E-state index in [4.69, 9.17) is 5.11 Å². The number of hydrogen-bond acceptors (Lipinski definition) is 5. The number of nitrogens with zero attached hydrogens (tertiary/aromatic N) is 2. The zero-order valence-electron chi connectivity index (χ0n) is 5.07. The summed E-state index contributed by atoms with van der Waals surface area (Å²) >= 11 is 2.23. The molecule has 0 aliphatic carbocycles. The van der Waals surface area contributed by atoms with Crippen LogP contribution in [0.3, 0.4) is 0 Å². The van der Waals surface area contributed by atoms with Gasteiger partial charge in [-0.15, -0.1) is 0 Å². The fraction of sp³-hybridized carbons (Fsp3) is 0.250. The topological polar surface area (TPSA) is 63.1 Å². The van der Waals surface area contributed by atoms with Crippen LogP contribution in [0.1, 0.15) is 9.80 Å². The molecular weight excluding hydrogens is 172 g/mol. The van der Waals surface area contributed by atoms with Gasteiger partial charge in [-0.25, -0.2) is 9.78 Å². The molecule has 1 aromatic rings. The average Bonchev–Trinajstić information content (AvgIpc) is 2.34. The Morgan fingerprint density at radius 2 is 2.50 bits per heavy atom. The maximum absolute atomic E-state index is 10.2. The van der Waals surface area contributed by atoms with E-state index in [2.05, 4.69) is 9.36 Å². The van der Waals surface area contributed by atoms with Crippen LogP contribution in [0, 0.1) is 0 Å². The molecule has 0 saturated carbocycles. The predicted octanol–water partition coefficient (Wildman–Crippen LogP) is 0.958. The molecule has 0 spiro atoms. The van der Waals surface area contributed by atoms with Crippen molar-refractivity contribution in [3.8, 4) is 0 Å². The number of carboxylic acids is 1. The van der Waals surface area contributed by atoms with Crippen molar-refractivity contribution in [3.63, 3.8) is 0 Å². The number of carbonyl (C=O) groups is 1. The summed E-state index contributed by atoms with van der Waals surface area (Å²) in [6.07, 6.45) is 1.80. The summed E-state index contributed by atoms with van der Waals surface area (Å²) in [7, 11) is 0. The minimum Gasteiger partial charge on any atom is -0.476 e. The third kappa shape index (κ3) is 1.45. The summed E-state index contributed by atoms with van der Waals surface area (Å²) in [4.78, 5) is 13.9. The number of rotatable bonds is 2. The molecule has 0 saturated heterocycles. The van der Waals surface area contributed by atoms with E-state index in [0.717, 1.165) is 11.5 Å². The first kappa shape index (κ1) is 7.49. The van der Waals surface area contributed by atoms with Gasteiger partial charge in [0.05, 0.1) is 0 Å². The van der Waals surface area contributed by atoms with Gasteiger partial charge in [0.15, 0.2) is 0 Å². The van der Waals surface area contributed by atoms with Crippen LogP contribution in [0.25, 0.3) is 0 Å². The zero-order chi connectivity index (χ0) is 7.56. The van der Waals surface area contributed by atoms with Crippen LogP contribution in [0.2, 0.25) is 0 Å². The molecule has 1 heterocycles. The van der Waals surface area contributed by atoms with Gasteiger partial charge in [-0.2, -0.15) is 4.37 Å². The molecule has 4 nitrogen and oxygen atoms in total. The third-order valence-corrected chi connectivity index (χ3v) is 2.14. The van der Waals surface area contributed by atoms with Gasteiger partial charge in [0.25, 0.3) is 0 Å². The average molecular weight is 176 g/mol. The molecule has 0 amide bonds. The summed E-state index contributed by atoms with van der Waals surface area (Å²) in [6.45, 7) is 0. The standard InChI is InChI=1S/C4H4N2O2S2/c1-9-4-5-2(3(7)8)10-6-4/h1H3,(H,7,8). The van der Waals surface area contributed by atoms with Gasteiger partial charge in [0, 0.05) is 0 Å². The van der Waals surface area contributed by atoms with Gasteiger partial charge in [0.2, 0.25) is 10.2 Å². The van der Waals surface area contributed by atoms with Crippen LogP contribution < -0.4 is 0 Å². The molecule has 1 N–H and O–H groups in total. The highest BCUT2D eigenvalue weighted by Crippen LogP contribution is 2.12. The second-order valence-electron chi connectivity index (χ2n) is 1.39. The first-order chi connectivity index (χ1) is 4.74. The summed E-state index contributed by atoms with van der Waals surface area (Å²) < 4.78 is 3.77. The van der Waals surface area contributed by atoms with Crippen LogP contribution in [0.4, 0.5) is 0 Å². The minimum atomic E-state index is -1.02. The SMILES string of the molecule is CSc1nsc(C(=O)O)n1. The lowest BCUT2D eigenvalue weighted by molar-refractivity contribution is 0.0696. The fourth-order valence-corrected chi connectivity index (χ4v) is 1.44. The molecule has 0 aliphatic rings. The molecule has 0 fully saturated rings. The Morgan fingerprint density at radius 1 is 1.80 bits per heavy atom. The Balaban J connectivity index is 2.88. The van der Waals surface area contributed by atoms with E-state index in [1.54, 1.807) is 6.26 Å². The van der Waals surface area contributed by atoms with Gasteiger partial charge < -0.3 is 5.11 Å². The maximum atomic E-state index is 10.2. The predicted molar refractivity (Wildman–Crippen MR) is 38.6 cm³/mol. The molecular formula is C4H4N2O2S2. The number of aromatic nitrogens is 2. The van der Waals surface area contributed by atoms with Gasteiger partial charge in [-0.05, 0) is 17.8 Å². The number of aromatic carboxylic acids is 1. The highest BCUT2D eigenvalue weighted by molar-refractivity contribution is 7.98. The number of hydrogen-bond donors (Lipinski definition) is 1. The second-order valence-corrected chi connectivity index (χ2v) is 2.92. The van der Waals surface area contributed by atoms with E-state index in [9.17, 15) is 4.79 Å². The molecule has 1 aromatic heterocycles. The summed E-state index contributed by atoms with van der Waals surface area (Å²) in [5.74, 6) is -1.02. The maximum Gasteiger partial charge on any atom is 0.366 e. The lowest BCUT2D eigenvalue weighted by Crippen LogP contribution is -1.93. The van der Waals surface area contributed by atoms with Crippen molar-refractivity contribution < 1.29 is 9.90 Å². The molecule has 0 unspecified atom stereocenters. The molecule has 10 heavy (non-hydrogen) atoms. The van der Waals surface area contributed by atoms with Gasteiger partial charge in [0.1, 0.15) is 0 Å². The van der Waals surface area contributed by atoms with Crippen LogP contribution in [0.5, 0.6) is 0 Å². The summed E-state index contributed by atoms with van der Waals surface area (Å²) in [6, 6.07) is 0. The van der Waals surface area contributed by atoms with E-state index in [1.807, 2.05) is 0 Å². The molecule has 1 rings (SSSR count). The lowest BCUT2D eigenvalue weighted by Gasteiger charge is -1.79. The van der Waals surface area contributed by atoms with Crippen molar-refractivity contribution in [1.29, 1.82) is 0 Å². The van der Waals surface area contributed by atoms with Crippen LogP contribution in [-0.4, -0.2) is 26.7 Å². The second kappa shape index (κ2) is 2.98. The Kier molecular flexibility index (Phi) is 2.23. The normalized spacial score (nSPS) is 9.70. The summed E-state index contributed by atoms with van der Waals surface area (Å²) in [5, 5.41) is 8.95. The molecule has 0 aromatic carbocycles. The van der Waals surface area contributed by atoms with Crippen LogP contribution in [-0.2, 0) is 0 Å². The van der Waals surface area contributed by atoms with Crippen LogP contribution in [0.15, 0.2) is 5.16 Å². The van der Waals surface area contributed by atoms with E-state index >= 15 is 0 Å². The monoisotopic (exact) mass is 176 g/mol. The zero-order valence-corrected chi connectivity index (χ0v) is 6.70. The van der Waals surface area contributed by atoms with Crippen molar-refractivity contribution >= 4 is 29.3 Å². The number of carboxylic acid groups (broad SMARTS) is 1. The minimum absolute atomic E-state index is 0.0457. The Labute approximate surface area is 65.5 Å². The highest BCUT2D eigenvalue weighted by Gasteiger charge is 2.08. The van der Waals surface area contributed by atoms with Gasteiger partial charge in [-0.3, -0.25) is 0 Å². The molecule has 0 atom stereocenters. The largest absolute Gasteiger partial charge is 0.476 e. The van der Waals surface area contributed by atoms with Crippen molar-refractivity contribution in [3.05, 3.63) is 5.01 Å². The van der Waals surface area contributed by atoms with E-state index < -0.39 is 5.97 Å². The fourth-order valence-electron chi connectivity index (χ4n) is 0.380. The molecule has 0 aliphatic heterocycles. The first-order valence-electron chi connectivity index (χ1n) is 2.35. The first-order valence-corrected chi connectivity index (χ1v) is 4.35. The molecule has 6 heteroatoms. The van der Waals surface area contributed by atoms with Crippen molar-refractivity contribution in [2.75, 3.05) is 6.26 Å². The third-order valence-electron chi connectivity index (χ3n) is 0.773. The van der Waals surface area contributed by atoms with E-state index in [1.165, 1.54) is 11.8 Å². The Hall–Kier alpha value is -0.620. The van der Waals surface area contributed by atoms with Gasteiger partial charge in [-0.1, -0.05) is 11.8 Å². The van der Waals surface area contributed by atoms with Crippen molar-refractivity contribution in [2.24, 2.45) is 0 Å². The van der Waals surface area contributed by atoms with Crippen LogP contribution >= 0.6 is 23.3 Å². The summed E-state index contributed by atoms with van der Waals surface area (Å²) in [5.41, 5.74) is 0. The van der Waals surface area contributed by atoms with E-state index in [0.29, 0.717) is 5.16 Å². The lowest BCUT2D eigenvalue weighted by atomic mass is 10.7.